The van der Waals surface area contributed by atoms with Crippen LogP contribution in [0.4, 0.5) is 0 Å². The number of nitrogens with zero attached hydrogens (tertiary/aromatic N) is 2. The fourth-order valence-corrected chi connectivity index (χ4v) is 3.67. The van der Waals surface area contributed by atoms with Crippen LogP contribution in [0.15, 0.2) is 47.2 Å². The van der Waals surface area contributed by atoms with Crippen molar-refractivity contribution in [2.75, 3.05) is 6.61 Å². The van der Waals surface area contributed by atoms with Gasteiger partial charge < -0.3 is 4.74 Å². The number of benzene rings is 1. The van der Waals surface area contributed by atoms with Gasteiger partial charge in [0.25, 0.3) is 0 Å². The molecule has 0 spiro atoms. The zero-order valence-corrected chi connectivity index (χ0v) is 14.9. The second-order valence-electron chi connectivity index (χ2n) is 5.10. The van der Waals surface area contributed by atoms with Crippen LogP contribution < -0.4 is 4.74 Å². The third-order valence-corrected chi connectivity index (χ3v) is 5.06. The third-order valence-electron chi connectivity index (χ3n) is 3.29. The molecule has 0 saturated heterocycles. The van der Waals surface area contributed by atoms with Crippen LogP contribution in [-0.2, 0) is 0 Å². The van der Waals surface area contributed by atoms with Crippen LogP contribution >= 0.6 is 22.7 Å². The van der Waals surface area contributed by atoms with Crippen LogP contribution in [0.3, 0.4) is 0 Å². The summed E-state index contributed by atoms with van der Waals surface area (Å²) in [5, 5.41) is 14.2. The average molecular weight is 352 g/mol. The fraction of sp³-hybridized carbons (Fsp3) is 0.158. The first-order valence-corrected chi connectivity index (χ1v) is 9.40. The Morgan fingerprint density at radius 1 is 1.25 bits per heavy atom. The molecule has 1 aromatic carbocycles. The number of aromatic nitrogens is 1. The van der Waals surface area contributed by atoms with Crippen molar-refractivity contribution in [2.45, 2.75) is 13.3 Å². The highest BCUT2D eigenvalue weighted by Gasteiger charge is 2.09. The molecule has 0 amide bonds. The second kappa shape index (κ2) is 7.91. The van der Waals surface area contributed by atoms with E-state index in [0.29, 0.717) is 12.2 Å². The van der Waals surface area contributed by atoms with E-state index in [1.165, 1.54) is 11.3 Å². The molecule has 5 heteroatoms. The first kappa shape index (κ1) is 16.4. The summed E-state index contributed by atoms with van der Waals surface area (Å²) in [6.45, 7) is 2.79. The summed E-state index contributed by atoms with van der Waals surface area (Å²) in [6, 6.07) is 14.1. The van der Waals surface area contributed by atoms with Crippen molar-refractivity contribution in [1.29, 1.82) is 5.26 Å². The monoisotopic (exact) mass is 352 g/mol. The molecule has 2 aromatic heterocycles. The molecule has 2 heterocycles. The molecule has 0 aliphatic rings. The maximum absolute atomic E-state index is 9.48. The van der Waals surface area contributed by atoms with Crippen LogP contribution in [0.1, 0.15) is 23.9 Å². The fourth-order valence-electron chi connectivity index (χ4n) is 2.12. The molecule has 0 unspecified atom stereocenters. The topological polar surface area (TPSA) is 45.9 Å². The minimum absolute atomic E-state index is 0.574. The van der Waals surface area contributed by atoms with Crippen molar-refractivity contribution in [1.82, 2.24) is 4.98 Å². The van der Waals surface area contributed by atoms with Crippen molar-refractivity contribution >= 4 is 34.3 Å². The molecule has 0 radical (unpaired) electrons. The zero-order chi connectivity index (χ0) is 16.8. The Bertz CT molecular complexity index is 856. The molecule has 3 aromatic rings. The quantitative estimate of drug-likeness (QED) is 0.533. The molecule has 0 N–H and O–H groups in total. The van der Waals surface area contributed by atoms with E-state index >= 15 is 0 Å². The lowest BCUT2D eigenvalue weighted by atomic mass is 10.1. The molecule has 0 fully saturated rings. The van der Waals surface area contributed by atoms with E-state index in [2.05, 4.69) is 18.0 Å². The smallest absolute Gasteiger partial charge is 0.134 e. The Morgan fingerprint density at radius 2 is 2.08 bits per heavy atom. The summed E-state index contributed by atoms with van der Waals surface area (Å²) in [6.07, 6.45) is 2.84. The lowest BCUT2D eigenvalue weighted by Gasteiger charge is -2.04. The van der Waals surface area contributed by atoms with Crippen LogP contribution in [0.2, 0.25) is 0 Å². The van der Waals surface area contributed by atoms with Gasteiger partial charge in [0.15, 0.2) is 0 Å². The van der Waals surface area contributed by atoms with Crippen LogP contribution in [0.5, 0.6) is 5.75 Å². The molecular formula is C19H16N2OS2. The number of allylic oxidation sites excluding steroid dienone is 1. The number of thiophene rings is 1. The Kier molecular flexibility index (Phi) is 5.42. The number of ether oxygens (including phenoxy) is 1. The first-order chi connectivity index (χ1) is 11.8. The first-order valence-electron chi connectivity index (χ1n) is 7.64. The van der Waals surface area contributed by atoms with E-state index in [-0.39, 0.29) is 0 Å². The lowest BCUT2D eigenvalue weighted by molar-refractivity contribution is 0.317. The summed E-state index contributed by atoms with van der Waals surface area (Å²) < 4.78 is 5.58. The van der Waals surface area contributed by atoms with Crippen LogP contribution in [-0.4, -0.2) is 11.6 Å². The number of thiazole rings is 1. The van der Waals surface area contributed by atoms with Crippen molar-refractivity contribution in [3.63, 3.8) is 0 Å². The van der Waals surface area contributed by atoms with Crippen molar-refractivity contribution < 1.29 is 4.74 Å². The summed E-state index contributed by atoms with van der Waals surface area (Å²) in [4.78, 5) is 5.71. The van der Waals surface area contributed by atoms with E-state index in [1.54, 1.807) is 11.3 Å². The molecule has 3 nitrogen and oxygen atoms in total. The van der Waals surface area contributed by atoms with Gasteiger partial charge in [0.1, 0.15) is 16.8 Å². The molecular weight excluding hydrogens is 336 g/mol. The van der Waals surface area contributed by atoms with E-state index < -0.39 is 0 Å². The van der Waals surface area contributed by atoms with E-state index in [4.69, 9.17) is 4.74 Å². The van der Waals surface area contributed by atoms with Gasteiger partial charge >= 0.3 is 0 Å². The number of rotatable bonds is 6. The second-order valence-corrected chi connectivity index (χ2v) is 6.91. The Labute approximate surface area is 149 Å². The molecule has 120 valence electrons. The van der Waals surface area contributed by atoms with Crippen molar-refractivity contribution in [3.8, 4) is 22.4 Å². The lowest BCUT2D eigenvalue weighted by Crippen LogP contribution is -1.94. The third kappa shape index (κ3) is 3.91. The van der Waals surface area contributed by atoms with Gasteiger partial charge in [-0.05, 0) is 41.6 Å². The highest BCUT2D eigenvalue weighted by Crippen LogP contribution is 2.29. The van der Waals surface area contributed by atoms with Crippen LogP contribution in [0, 0.1) is 11.3 Å². The molecule has 0 atom stereocenters. The van der Waals surface area contributed by atoms with Gasteiger partial charge in [0.2, 0.25) is 0 Å². The molecule has 0 bridgehead atoms. The summed E-state index contributed by atoms with van der Waals surface area (Å²) in [5.74, 6) is 0.849. The predicted molar refractivity (Wildman–Crippen MR) is 101 cm³/mol. The Hall–Kier alpha value is -2.42. The summed E-state index contributed by atoms with van der Waals surface area (Å²) >= 11 is 3.14. The number of hydrogen-bond donors (Lipinski definition) is 0. The predicted octanol–water partition coefficient (Wildman–Crippen LogP) is 5.72. The maximum atomic E-state index is 9.48. The zero-order valence-electron chi connectivity index (χ0n) is 13.2. The summed E-state index contributed by atoms with van der Waals surface area (Å²) in [5.41, 5.74) is 2.46. The average Bonchev–Trinajstić information content (AvgIpc) is 3.30. The molecule has 0 aliphatic heterocycles. The normalized spacial score (nSPS) is 11.2. The molecule has 0 saturated carbocycles. The van der Waals surface area contributed by atoms with E-state index in [0.717, 1.165) is 33.3 Å². The van der Waals surface area contributed by atoms with Gasteiger partial charge in [-0.15, -0.1) is 22.7 Å². The maximum Gasteiger partial charge on any atom is 0.134 e. The van der Waals surface area contributed by atoms with Gasteiger partial charge in [0.05, 0.1) is 22.8 Å². The highest BCUT2D eigenvalue weighted by atomic mass is 32.1. The van der Waals surface area contributed by atoms with Gasteiger partial charge in [-0.3, -0.25) is 0 Å². The summed E-state index contributed by atoms with van der Waals surface area (Å²) in [7, 11) is 0. The largest absolute Gasteiger partial charge is 0.494 e. The SMILES string of the molecule is CCCOc1ccc(/C=C(/C#N)c2nc(-c3cccs3)cs2)cc1. The van der Waals surface area contributed by atoms with Crippen molar-refractivity contribution in [3.05, 3.63) is 57.7 Å². The highest BCUT2D eigenvalue weighted by molar-refractivity contribution is 7.14. The Morgan fingerprint density at radius 3 is 2.75 bits per heavy atom. The van der Waals surface area contributed by atoms with E-state index in [9.17, 15) is 5.26 Å². The minimum atomic E-state index is 0.574. The molecule has 0 aliphatic carbocycles. The number of nitriles is 1. The van der Waals surface area contributed by atoms with Crippen molar-refractivity contribution in [2.24, 2.45) is 0 Å². The van der Waals surface area contributed by atoms with Gasteiger partial charge in [-0.1, -0.05) is 25.1 Å². The van der Waals surface area contributed by atoms with E-state index in [1.807, 2.05) is 53.2 Å². The minimum Gasteiger partial charge on any atom is -0.494 e. The van der Waals surface area contributed by atoms with Gasteiger partial charge in [-0.2, -0.15) is 5.26 Å². The molecule has 24 heavy (non-hydrogen) atoms. The molecule has 3 rings (SSSR count). The Balaban J connectivity index is 1.81. The van der Waals surface area contributed by atoms with Gasteiger partial charge in [0, 0.05) is 5.38 Å². The van der Waals surface area contributed by atoms with Crippen LogP contribution in [0.25, 0.3) is 22.2 Å². The standard InChI is InChI=1S/C19H16N2OS2/c1-2-9-22-16-7-5-14(6-8-16)11-15(12-20)19-21-17(13-24-19)18-4-3-10-23-18/h3-8,10-11,13H,2,9H2,1H3/b15-11-. The number of hydrogen-bond acceptors (Lipinski definition) is 5. The van der Waals surface area contributed by atoms with Gasteiger partial charge in [-0.25, -0.2) is 4.98 Å².